The zero-order valence-electron chi connectivity index (χ0n) is 12.1. The van der Waals surface area contributed by atoms with Crippen molar-refractivity contribution in [3.05, 3.63) is 0 Å². The molecule has 0 fully saturated rings. The molecular formula is C13H28N2O3. The fourth-order valence-electron chi connectivity index (χ4n) is 1.90. The number of ether oxygens (including phenoxy) is 1. The Hall–Kier alpha value is -0.650. The molecule has 1 unspecified atom stereocenters. The number of hydrogen-bond donors (Lipinski definition) is 2. The van der Waals surface area contributed by atoms with E-state index in [2.05, 4.69) is 20.8 Å². The normalized spacial score (nSPS) is 13.4. The number of carbonyl (C=O) groups is 1. The predicted octanol–water partition coefficient (Wildman–Crippen LogP) is 0.607. The molecule has 1 amide bonds. The van der Waals surface area contributed by atoms with Crippen LogP contribution in [0.4, 0.5) is 0 Å². The predicted molar refractivity (Wildman–Crippen MR) is 72.2 cm³/mol. The van der Waals surface area contributed by atoms with Crippen LogP contribution in [0.3, 0.4) is 0 Å². The summed E-state index contributed by atoms with van der Waals surface area (Å²) in [7, 11) is 1.59. The standard InChI is InChI=1S/C13H28N2O3/c1-13(2,3)10-11(14)9-12(17)15(5-7-16)6-8-18-4/h11,16H,5-10,14H2,1-4H3. The number of aliphatic hydroxyl groups is 1. The van der Waals surface area contributed by atoms with Gasteiger partial charge in [0.2, 0.25) is 5.91 Å². The fourth-order valence-corrected chi connectivity index (χ4v) is 1.90. The van der Waals surface area contributed by atoms with E-state index in [0.29, 0.717) is 26.1 Å². The molecule has 5 nitrogen and oxygen atoms in total. The number of methoxy groups -OCH3 is 1. The van der Waals surface area contributed by atoms with Crippen LogP contribution in [-0.2, 0) is 9.53 Å². The van der Waals surface area contributed by atoms with Crippen molar-refractivity contribution >= 4 is 5.91 Å². The summed E-state index contributed by atoms with van der Waals surface area (Å²) in [6.45, 7) is 7.59. The van der Waals surface area contributed by atoms with E-state index in [4.69, 9.17) is 15.6 Å². The number of hydrogen-bond acceptors (Lipinski definition) is 4. The van der Waals surface area contributed by atoms with E-state index in [1.54, 1.807) is 12.0 Å². The van der Waals surface area contributed by atoms with Crippen LogP contribution in [0, 0.1) is 5.41 Å². The molecule has 0 aromatic heterocycles. The molecule has 0 radical (unpaired) electrons. The van der Waals surface area contributed by atoms with Crippen LogP contribution in [0.5, 0.6) is 0 Å². The number of rotatable bonds is 8. The van der Waals surface area contributed by atoms with E-state index >= 15 is 0 Å². The zero-order valence-corrected chi connectivity index (χ0v) is 12.1. The molecule has 3 N–H and O–H groups in total. The van der Waals surface area contributed by atoms with Crippen molar-refractivity contribution in [2.24, 2.45) is 11.1 Å². The minimum absolute atomic E-state index is 0.0159. The smallest absolute Gasteiger partial charge is 0.224 e. The number of carbonyl (C=O) groups excluding carboxylic acids is 1. The minimum Gasteiger partial charge on any atom is -0.395 e. The van der Waals surface area contributed by atoms with Crippen molar-refractivity contribution in [3.63, 3.8) is 0 Å². The van der Waals surface area contributed by atoms with Crippen molar-refractivity contribution < 1.29 is 14.6 Å². The number of amides is 1. The lowest BCUT2D eigenvalue weighted by atomic mass is 9.87. The molecule has 18 heavy (non-hydrogen) atoms. The lowest BCUT2D eigenvalue weighted by Gasteiger charge is -2.26. The summed E-state index contributed by atoms with van der Waals surface area (Å²) in [5, 5.41) is 8.94. The Balaban J connectivity index is 4.23. The molecule has 0 aromatic carbocycles. The third-order valence-corrected chi connectivity index (χ3v) is 2.60. The summed E-state index contributed by atoms with van der Waals surface area (Å²) >= 11 is 0. The summed E-state index contributed by atoms with van der Waals surface area (Å²) in [6.07, 6.45) is 1.12. The second-order valence-electron chi connectivity index (χ2n) is 5.83. The van der Waals surface area contributed by atoms with E-state index in [-0.39, 0.29) is 24.0 Å². The maximum atomic E-state index is 12.0. The lowest BCUT2D eigenvalue weighted by molar-refractivity contribution is -0.132. The molecule has 0 aliphatic heterocycles. The molecule has 1 atom stereocenters. The molecule has 0 heterocycles. The highest BCUT2D eigenvalue weighted by atomic mass is 16.5. The van der Waals surface area contributed by atoms with E-state index in [1.165, 1.54) is 0 Å². The van der Waals surface area contributed by atoms with Gasteiger partial charge in [-0.05, 0) is 11.8 Å². The van der Waals surface area contributed by atoms with E-state index in [9.17, 15) is 4.79 Å². The molecular weight excluding hydrogens is 232 g/mol. The molecule has 0 spiro atoms. The third kappa shape index (κ3) is 8.44. The van der Waals surface area contributed by atoms with Gasteiger partial charge in [0.25, 0.3) is 0 Å². The van der Waals surface area contributed by atoms with Gasteiger partial charge in [0.1, 0.15) is 0 Å². The number of nitrogens with two attached hydrogens (primary N) is 1. The van der Waals surface area contributed by atoms with Crippen molar-refractivity contribution in [2.45, 2.75) is 39.7 Å². The lowest BCUT2D eigenvalue weighted by Crippen LogP contribution is -2.40. The zero-order chi connectivity index (χ0) is 14.2. The van der Waals surface area contributed by atoms with Crippen LogP contribution >= 0.6 is 0 Å². The van der Waals surface area contributed by atoms with Gasteiger partial charge >= 0.3 is 0 Å². The highest BCUT2D eigenvalue weighted by Gasteiger charge is 2.20. The molecule has 0 saturated carbocycles. The third-order valence-electron chi connectivity index (χ3n) is 2.60. The van der Waals surface area contributed by atoms with Crippen LogP contribution in [0.2, 0.25) is 0 Å². The first-order valence-electron chi connectivity index (χ1n) is 6.43. The quantitative estimate of drug-likeness (QED) is 0.670. The number of nitrogens with zero attached hydrogens (tertiary/aromatic N) is 1. The van der Waals surface area contributed by atoms with Crippen LogP contribution < -0.4 is 5.73 Å². The minimum atomic E-state index is -0.138. The number of aliphatic hydroxyl groups excluding tert-OH is 1. The molecule has 5 heteroatoms. The van der Waals surface area contributed by atoms with E-state index < -0.39 is 0 Å². The Morgan fingerprint density at radius 2 is 2.00 bits per heavy atom. The maximum Gasteiger partial charge on any atom is 0.224 e. The van der Waals surface area contributed by atoms with E-state index in [0.717, 1.165) is 6.42 Å². The Bertz CT molecular complexity index is 239. The highest BCUT2D eigenvalue weighted by molar-refractivity contribution is 5.76. The van der Waals surface area contributed by atoms with Crippen molar-refractivity contribution in [3.8, 4) is 0 Å². The van der Waals surface area contributed by atoms with Gasteiger partial charge in [-0.2, -0.15) is 0 Å². The summed E-state index contributed by atoms with van der Waals surface area (Å²) < 4.78 is 4.95. The van der Waals surface area contributed by atoms with Gasteiger partial charge in [-0.15, -0.1) is 0 Å². The second-order valence-corrected chi connectivity index (χ2v) is 5.83. The monoisotopic (exact) mass is 260 g/mol. The summed E-state index contributed by atoms with van der Waals surface area (Å²) in [6, 6.07) is -0.138. The van der Waals surface area contributed by atoms with Crippen LogP contribution in [0.1, 0.15) is 33.6 Å². The van der Waals surface area contributed by atoms with Gasteiger partial charge in [-0.3, -0.25) is 4.79 Å². The Kier molecular flexibility index (Phi) is 8.15. The second kappa shape index (κ2) is 8.45. The average molecular weight is 260 g/mol. The van der Waals surface area contributed by atoms with Gasteiger partial charge in [-0.25, -0.2) is 0 Å². The molecule has 0 rings (SSSR count). The summed E-state index contributed by atoms with van der Waals surface area (Å²) in [5.74, 6) is -0.0159. The largest absolute Gasteiger partial charge is 0.395 e. The first kappa shape index (κ1) is 17.4. The van der Waals surface area contributed by atoms with Crippen molar-refractivity contribution in [1.29, 1.82) is 0 Å². The van der Waals surface area contributed by atoms with Gasteiger partial charge in [0.15, 0.2) is 0 Å². The maximum absolute atomic E-state index is 12.0. The first-order chi connectivity index (χ1) is 8.30. The van der Waals surface area contributed by atoms with Gasteiger partial charge in [-0.1, -0.05) is 20.8 Å². The molecule has 0 bridgehead atoms. The summed E-state index contributed by atoms with van der Waals surface area (Å²) in [5.41, 5.74) is 6.10. The van der Waals surface area contributed by atoms with Crippen LogP contribution in [0.15, 0.2) is 0 Å². The summed E-state index contributed by atoms with van der Waals surface area (Å²) in [4.78, 5) is 13.6. The average Bonchev–Trinajstić information content (AvgIpc) is 2.21. The Labute approximate surface area is 110 Å². The van der Waals surface area contributed by atoms with Crippen molar-refractivity contribution in [1.82, 2.24) is 4.90 Å². The fraction of sp³-hybridized carbons (Fsp3) is 0.923. The first-order valence-corrected chi connectivity index (χ1v) is 6.43. The molecule has 108 valence electrons. The van der Waals surface area contributed by atoms with Gasteiger partial charge < -0.3 is 20.5 Å². The topological polar surface area (TPSA) is 75.8 Å². The molecule has 0 aliphatic carbocycles. The van der Waals surface area contributed by atoms with E-state index in [1.807, 2.05) is 0 Å². The van der Waals surface area contributed by atoms with Gasteiger partial charge in [0.05, 0.1) is 13.2 Å². The molecule has 0 saturated heterocycles. The highest BCUT2D eigenvalue weighted by Crippen LogP contribution is 2.21. The SMILES string of the molecule is COCCN(CCO)C(=O)CC(N)CC(C)(C)C. The molecule has 0 aromatic rings. The van der Waals surface area contributed by atoms with Crippen LogP contribution in [0.25, 0.3) is 0 Å². The van der Waals surface area contributed by atoms with Gasteiger partial charge in [0, 0.05) is 32.7 Å². The van der Waals surface area contributed by atoms with Crippen LogP contribution in [-0.4, -0.2) is 55.4 Å². The molecule has 0 aliphatic rings. The van der Waals surface area contributed by atoms with Crippen molar-refractivity contribution in [2.75, 3.05) is 33.4 Å². The Morgan fingerprint density at radius 3 is 2.44 bits per heavy atom. The Morgan fingerprint density at radius 1 is 1.39 bits per heavy atom.